The van der Waals surface area contributed by atoms with Crippen LogP contribution >= 0.6 is 15.9 Å². The van der Waals surface area contributed by atoms with Crippen molar-refractivity contribution < 1.29 is 27.0 Å². The third-order valence-corrected chi connectivity index (χ3v) is 3.00. The average Bonchev–Trinajstić information content (AvgIpc) is 3.05. The van der Waals surface area contributed by atoms with Crippen molar-refractivity contribution in [2.45, 2.75) is 18.4 Å². The molecule has 7 heteroatoms. The van der Waals surface area contributed by atoms with Gasteiger partial charge in [0, 0.05) is 0 Å². The van der Waals surface area contributed by atoms with Gasteiger partial charge in [0.1, 0.15) is 11.9 Å². The van der Waals surface area contributed by atoms with Crippen LogP contribution in [0.1, 0.15) is 11.7 Å². The van der Waals surface area contributed by atoms with Crippen LogP contribution in [0.3, 0.4) is 0 Å². The number of epoxide rings is 1. The van der Waals surface area contributed by atoms with Gasteiger partial charge in [-0.2, -0.15) is 13.2 Å². The molecule has 0 amide bonds. The summed E-state index contributed by atoms with van der Waals surface area (Å²) in [6.07, 6.45) is -6.89. The van der Waals surface area contributed by atoms with Crippen LogP contribution in [0.25, 0.3) is 0 Å². The minimum Gasteiger partial charge on any atom is -0.371 e. The molecule has 1 aliphatic rings. The Balaban J connectivity index is 2.17. The smallest absolute Gasteiger partial charge is 0.371 e. The summed E-state index contributed by atoms with van der Waals surface area (Å²) >= 11 is 2.85. The van der Waals surface area contributed by atoms with Crippen LogP contribution < -0.4 is 0 Å². The Kier molecular flexibility index (Phi) is 3.93. The van der Waals surface area contributed by atoms with Gasteiger partial charge in [-0.05, 0) is 33.6 Å². The van der Waals surface area contributed by atoms with Gasteiger partial charge in [0.05, 0.1) is 17.7 Å². The molecule has 0 unspecified atom stereocenters. The number of hydrogen-bond acceptors (Lipinski definition) is 2. The van der Waals surface area contributed by atoms with E-state index in [2.05, 4.69) is 15.9 Å². The molecule has 0 spiro atoms. The fraction of sp³-hybridized carbons (Fsp3) is 0.455. The quantitative estimate of drug-likeness (QED) is 0.622. The molecule has 18 heavy (non-hydrogen) atoms. The number of halogens is 5. The van der Waals surface area contributed by atoms with Gasteiger partial charge in [0.15, 0.2) is 6.10 Å². The maximum atomic E-state index is 13.0. The normalized spacial score (nSPS) is 20.8. The third kappa shape index (κ3) is 3.43. The molecule has 0 aromatic heterocycles. The monoisotopic (exact) mass is 328 g/mol. The molecule has 2 atom stereocenters. The fourth-order valence-electron chi connectivity index (χ4n) is 1.42. The summed E-state index contributed by atoms with van der Waals surface area (Å²) in [5.41, 5.74) is -0.142. The first-order valence-corrected chi connectivity index (χ1v) is 5.92. The van der Waals surface area contributed by atoms with Crippen molar-refractivity contribution in [3.8, 4) is 0 Å². The summed E-state index contributed by atoms with van der Waals surface area (Å²) in [6.45, 7) is 0.289. The van der Waals surface area contributed by atoms with Gasteiger partial charge in [-0.15, -0.1) is 0 Å². The molecule has 1 aromatic rings. The Bertz CT molecular complexity index is 432. The highest BCUT2D eigenvalue weighted by Gasteiger charge is 2.43. The van der Waals surface area contributed by atoms with Crippen LogP contribution in [-0.4, -0.2) is 25.5 Å². The second-order valence-electron chi connectivity index (χ2n) is 3.88. The highest BCUT2D eigenvalue weighted by atomic mass is 79.9. The molecule has 0 saturated carbocycles. The molecule has 1 aromatic carbocycles. The second-order valence-corrected chi connectivity index (χ2v) is 4.74. The summed E-state index contributed by atoms with van der Waals surface area (Å²) < 4.78 is 61.1. The SMILES string of the molecule is Fc1ccc([C@@H](OC[C@H]2CO2)C(F)(F)F)cc1Br. The molecule has 1 aliphatic heterocycles. The summed E-state index contributed by atoms with van der Waals surface area (Å²) in [5, 5.41) is 0. The molecule has 1 fully saturated rings. The van der Waals surface area contributed by atoms with Gasteiger partial charge >= 0.3 is 6.18 Å². The molecule has 0 aliphatic carbocycles. The summed E-state index contributed by atoms with van der Waals surface area (Å²) in [6, 6.07) is 3.10. The molecule has 0 bridgehead atoms. The van der Waals surface area contributed by atoms with E-state index in [4.69, 9.17) is 9.47 Å². The zero-order valence-corrected chi connectivity index (χ0v) is 10.6. The van der Waals surface area contributed by atoms with Crippen LogP contribution in [0, 0.1) is 5.82 Å². The highest BCUT2D eigenvalue weighted by Crippen LogP contribution is 2.37. The minimum absolute atomic E-state index is 0.0273. The van der Waals surface area contributed by atoms with Crippen molar-refractivity contribution in [1.82, 2.24) is 0 Å². The summed E-state index contributed by atoms with van der Waals surface area (Å²) in [4.78, 5) is 0. The maximum absolute atomic E-state index is 13.0. The van der Waals surface area contributed by atoms with E-state index in [0.29, 0.717) is 6.61 Å². The van der Waals surface area contributed by atoms with Crippen LogP contribution in [-0.2, 0) is 9.47 Å². The van der Waals surface area contributed by atoms with Crippen LogP contribution in [0.4, 0.5) is 17.6 Å². The van der Waals surface area contributed by atoms with Gasteiger partial charge in [-0.1, -0.05) is 6.07 Å². The predicted octanol–water partition coefficient (Wildman–Crippen LogP) is 3.61. The molecular formula is C11H9BrF4O2. The zero-order valence-electron chi connectivity index (χ0n) is 9.01. The van der Waals surface area contributed by atoms with E-state index in [1.54, 1.807) is 0 Å². The van der Waals surface area contributed by atoms with E-state index in [1.165, 1.54) is 0 Å². The summed E-state index contributed by atoms with van der Waals surface area (Å²) in [7, 11) is 0. The maximum Gasteiger partial charge on any atom is 0.418 e. The number of hydrogen-bond donors (Lipinski definition) is 0. The number of alkyl halides is 3. The fourth-order valence-corrected chi connectivity index (χ4v) is 1.82. The standard InChI is InChI=1S/C11H9BrF4O2/c12-8-3-6(1-2-9(8)13)10(11(14,15)16)18-5-7-4-17-7/h1-3,7,10H,4-5H2/t7-,10-/m1/s1. The molecule has 1 heterocycles. The Morgan fingerprint density at radius 1 is 1.44 bits per heavy atom. The Morgan fingerprint density at radius 2 is 2.11 bits per heavy atom. The van der Waals surface area contributed by atoms with Crippen molar-refractivity contribution in [3.63, 3.8) is 0 Å². The van der Waals surface area contributed by atoms with E-state index in [1.807, 2.05) is 0 Å². The van der Waals surface area contributed by atoms with Crippen LogP contribution in [0.2, 0.25) is 0 Å². The van der Waals surface area contributed by atoms with Crippen LogP contribution in [0.5, 0.6) is 0 Å². The third-order valence-electron chi connectivity index (χ3n) is 2.39. The van der Waals surface area contributed by atoms with Crippen molar-refractivity contribution in [2.24, 2.45) is 0 Å². The second kappa shape index (κ2) is 5.14. The van der Waals surface area contributed by atoms with Crippen molar-refractivity contribution >= 4 is 15.9 Å². The Morgan fingerprint density at radius 3 is 2.61 bits per heavy atom. The number of benzene rings is 1. The molecule has 2 rings (SSSR count). The zero-order chi connectivity index (χ0) is 13.3. The van der Waals surface area contributed by atoms with Crippen molar-refractivity contribution in [3.05, 3.63) is 34.1 Å². The first-order chi connectivity index (χ1) is 8.38. The largest absolute Gasteiger partial charge is 0.418 e. The van der Waals surface area contributed by atoms with E-state index < -0.39 is 18.1 Å². The highest BCUT2D eigenvalue weighted by molar-refractivity contribution is 9.10. The molecule has 0 radical (unpaired) electrons. The molecule has 1 saturated heterocycles. The molecular weight excluding hydrogens is 320 g/mol. The summed E-state index contributed by atoms with van der Waals surface area (Å²) in [5.74, 6) is -0.620. The Labute approximate surface area is 109 Å². The van der Waals surface area contributed by atoms with Gasteiger partial charge in [-0.25, -0.2) is 4.39 Å². The average molecular weight is 329 g/mol. The lowest BCUT2D eigenvalue weighted by Gasteiger charge is -2.21. The van der Waals surface area contributed by atoms with E-state index in [0.717, 1.165) is 18.2 Å². The van der Waals surface area contributed by atoms with Gasteiger partial charge in [0.2, 0.25) is 0 Å². The van der Waals surface area contributed by atoms with Crippen LogP contribution in [0.15, 0.2) is 22.7 Å². The minimum atomic E-state index is -4.55. The van der Waals surface area contributed by atoms with Crippen molar-refractivity contribution in [1.29, 1.82) is 0 Å². The van der Waals surface area contributed by atoms with E-state index >= 15 is 0 Å². The molecule has 100 valence electrons. The Hall–Kier alpha value is -0.660. The van der Waals surface area contributed by atoms with Crippen molar-refractivity contribution in [2.75, 3.05) is 13.2 Å². The van der Waals surface area contributed by atoms with Gasteiger partial charge < -0.3 is 9.47 Å². The topological polar surface area (TPSA) is 21.8 Å². The first-order valence-electron chi connectivity index (χ1n) is 5.13. The van der Waals surface area contributed by atoms with Gasteiger partial charge in [-0.3, -0.25) is 0 Å². The van der Waals surface area contributed by atoms with E-state index in [-0.39, 0.29) is 22.7 Å². The lowest BCUT2D eigenvalue weighted by atomic mass is 10.1. The lowest BCUT2D eigenvalue weighted by molar-refractivity contribution is -0.224. The number of rotatable bonds is 4. The van der Waals surface area contributed by atoms with Gasteiger partial charge in [0.25, 0.3) is 0 Å². The van der Waals surface area contributed by atoms with E-state index in [9.17, 15) is 17.6 Å². The number of ether oxygens (including phenoxy) is 2. The predicted molar refractivity (Wildman–Crippen MR) is 58.6 cm³/mol. The molecule has 2 nitrogen and oxygen atoms in total. The first kappa shape index (κ1) is 13.8. The molecule has 0 N–H and O–H groups in total. The lowest BCUT2D eigenvalue weighted by Crippen LogP contribution is -2.25.